The number of carbonyl (C=O) groups excluding carboxylic acids is 1. The summed E-state index contributed by atoms with van der Waals surface area (Å²) in [5.41, 5.74) is 0.622. The highest BCUT2D eigenvalue weighted by Gasteiger charge is 2.18. The highest BCUT2D eigenvalue weighted by molar-refractivity contribution is 5.89. The molecule has 0 amide bonds. The lowest BCUT2D eigenvalue weighted by molar-refractivity contribution is -0.384. The summed E-state index contributed by atoms with van der Waals surface area (Å²) in [5, 5.41) is 19.7. The lowest BCUT2D eigenvalue weighted by Gasteiger charge is -2.11. The molecule has 104 valence electrons. The topological polar surface area (TPSA) is 93.2 Å². The molecule has 0 aliphatic heterocycles. The zero-order valence-corrected chi connectivity index (χ0v) is 10.8. The van der Waals surface area contributed by atoms with Crippen LogP contribution in [0.5, 0.6) is 0 Å². The molecule has 6 nitrogen and oxygen atoms in total. The molecule has 0 spiro atoms. The van der Waals surface area contributed by atoms with Crippen LogP contribution in [-0.4, -0.2) is 10.9 Å². The second-order valence-electron chi connectivity index (χ2n) is 4.13. The van der Waals surface area contributed by atoms with E-state index in [0.29, 0.717) is 11.1 Å². The van der Waals surface area contributed by atoms with Crippen LogP contribution in [0, 0.1) is 21.4 Å². The van der Waals surface area contributed by atoms with E-state index in [2.05, 4.69) is 0 Å². The quantitative estimate of drug-likeness (QED) is 0.488. The number of nitro groups is 1. The van der Waals surface area contributed by atoms with Gasteiger partial charge in [-0.05, 0) is 24.3 Å². The van der Waals surface area contributed by atoms with E-state index in [1.165, 1.54) is 24.3 Å². The monoisotopic (exact) mass is 282 g/mol. The number of non-ortho nitro benzene ring substituents is 1. The van der Waals surface area contributed by atoms with Crippen LogP contribution in [-0.2, 0) is 4.74 Å². The number of hydrogen-bond acceptors (Lipinski definition) is 5. The smallest absolute Gasteiger partial charge is 0.339 e. The Morgan fingerprint density at radius 1 is 1.14 bits per heavy atom. The molecule has 21 heavy (non-hydrogen) atoms. The van der Waals surface area contributed by atoms with E-state index in [4.69, 9.17) is 10.00 Å². The third kappa shape index (κ3) is 3.42. The Morgan fingerprint density at radius 2 is 1.76 bits per heavy atom. The Balaban J connectivity index is 2.15. The Bertz CT molecular complexity index is 690. The number of nitriles is 1. The third-order valence-electron chi connectivity index (χ3n) is 2.76. The van der Waals surface area contributed by atoms with E-state index < -0.39 is 17.0 Å². The summed E-state index contributed by atoms with van der Waals surface area (Å²) >= 11 is 0. The minimum absolute atomic E-state index is 0.0928. The van der Waals surface area contributed by atoms with Gasteiger partial charge in [0.25, 0.3) is 5.69 Å². The first kappa shape index (κ1) is 14.2. The number of esters is 1. The number of hydrogen-bond donors (Lipinski definition) is 0. The normalized spacial score (nSPS) is 11.2. The van der Waals surface area contributed by atoms with Crippen LogP contribution in [0.15, 0.2) is 54.6 Å². The van der Waals surface area contributed by atoms with Crippen molar-refractivity contribution in [3.63, 3.8) is 0 Å². The molecule has 0 aromatic heterocycles. The molecule has 0 unspecified atom stereocenters. The predicted octanol–water partition coefficient (Wildman–Crippen LogP) is 3.02. The van der Waals surface area contributed by atoms with Gasteiger partial charge in [-0.25, -0.2) is 4.79 Å². The van der Waals surface area contributed by atoms with Crippen LogP contribution >= 0.6 is 0 Å². The van der Waals surface area contributed by atoms with Gasteiger partial charge in [-0.1, -0.05) is 18.2 Å². The predicted molar refractivity (Wildman–Crippen MR) is 73.3 cm³/mol. The minimum Gasteiger partial charge on any atom is -0.438 e. The number of ether oxygens (including phenoxy) is 1. The second kappa shape index (κ2) is 6.30. The van der Waals surface area contributed by atoms with Crippen LogP contribution in [0.3, 0.4) is 0 Å². The highest BCUT2D eigenvalue weighted by atomic mass is 16.6. The van der Waals surface area contributed by atoms with Gasteiger partial charge in [-0.2, -0.15) is 5.26 Å². The number of rotatable bonds is 4. The average molecular weight is 282 g/mol. The SMILES string of the molecule is N#C[C@H](OC(=O)c1ccccc1)c1ccc([N+](=O)[O-])cc1. The Morgan fingerprint density at radius 3 is 2.29 bits per heavy atom. The van der Waals surface area contributed by atoms with Gasteiger partial charge < -0.3 is 4.74 Å². The van der Waals surface area contributed by atoms with E-state index in [1.807, 2.05) is 6.07 Å². The molecule has 2 rings (SSSR count). The highest BCUT2D eigenvalue weighted by Crippen LogP contribution is 2.21. The molecular formula is C15H10N2O4. The molecule has 0 N–H and O–H groups in total. The maximum absolute atomic E-state index is 11.9. The molecule has 0 aliphatic carbocycles. The van der Waals surface area contributed by atoms with Crippen LogP contribution in [0.25, 0.3) is 0 Å². The van der Waals surface area contributed by atoms with E-state index in [0.717, 1.165) is 0 Å². The van der Waals surface area contributed by atoms with Gasteiger partial charge in [0.05, 0.1) is 10.5 Å². The first-order valence-corrected chi connectivity index (χ1v) is 6.02. The van der Waals surface area contributed by atoms with Crippen molar-refractivity contribution in [2.24, 2.45) is 0 Å². The van der Waals surface area contributed by atoms with Crippen molar-refractivity contribution in [2.75, 3.05) is 0 Å². The van der Waals surface area contributed by atoms with E-state index in [9.17, 15) is 14.9 Å². The molecule has 6 heteroatoms. The largest absolute Gasteiger partial charge is 0.438 e. The summed E-state index contributed by atoms with van der Waals surface area (Å²) in [6.07, 6.45) is -1.11. The van der Waals surface area contributed by atoms with Crippen molar-refractivity contribution in [3.05, 3.63) is 75.8 Å². The molecule has 0 heterocycles. The number of benzene rings is 2. The van der Waals surface area contributed by atoms with Crippen molar-refractivity contribution >= 4 is 11.7 Å². The zero-order valence-electron chi connectivity index (χ0n) is 10.8. The van der Waals surface area contributed by atoms with Gasteiger partial charge in [-0.3, -0.25) is 10.1 Å². The molecule has 0 saturated heterocycles. The van der Waals surface area contributed by atoms with Gasteiger partial charge in [0.2, 0.25) is 6.10 Å². The zero-order chi connectivity index (χ0) is 15.2. The minimum atomic E-state index is -1.11. The van der Waals surface area contributed by atoms with Crippen LogP contribution < -0.4 is 0 Å². The van der Waals surface area contributed by atoms with E-state index in [-0.39, 0.29) is 5.69 Å². The first-order valence-electron chi connectivity index (χ1n) is 6.02. The van der Waals surface area contributed by atoms with Crippen LogP contribution in [0.1, 0.15) is 22.0 Å². The summed E-state index contributed by atoms with van der Waals surface area (Å²) in [4.78, 5) is 21.9. The molecule has 0 bridgehead atoms. The Kier molecular flexibility index (Phi) is 4.26. The van der Waals surface area contributed by atoms with Crippen molar-refractivity contribution in [1.29, 1.82) is 5.26 Å². The fourth-order valence-corrected chi connectivity index (χ4v) is 1.69. The fourth-order valence-electron chi connectivity index (χ4n) is 1.69. The maximum Gasteiger partial charge on any atom is 0.339 e. The molecule has 1 atom stereocenters. The van der Waals surface area contributed by atoms with Crippen molar-refractivity contribution < 1.29 is 14.5 Å². The van der Waals surface area contributed by atoms with E-state index >= 15 is 0 Å². The molecule has 2 aromatic carbocycles. The molecule has 0 radical (unpaired) electrons. The number of nitro benzene ring substituents is 1. The first-order chi connectivity index (χ1) is 10.1. The lowest BCUT2D eigenvalue weighted by atomic mass is 10.1. The molecule has 0 aliphatic rings. The van der Waals surface area contributed by atoms with Crippen molar-refractivity contribution in [2.45, 2.75) is 6.10 Å². The van der Waals surface area contributed by atoms with Crippen LogP contribution in [0.4, 0.5) is 5.69 Å². The second-order valence-corrected chi connectivity index (χ2v) is 4.13. The molecular weight excluding hydrogens is 272 g/mol. The Labute approximate surface area is 120 Å². The molecule has 2 aromatic rings. The summed E-state index contributed by atoms with van der Waals surface area (Å²) < 4.78 is 5.10. The van der Waals surface area contributed by atoms with Crippen LogP contribution in [0.2, 0.25) is 0 Å². The van der Waals surface area contributed by atoms with E-state index in [1.54, 1.807) is 30.3 Å². The summed E-state index contributed by atoms with van der Waals surface area (Å²) in [7, 11) is 0. The van der Waals surface area contributed by atoms with Gasteiger partial charge in [-0.15, -0.1) is 0 Å². The number of carbonyl (C=O) groups is 1. The number of nitrogens with zero attached hydrogens (tertiary/aromatic N) is 2. The standard InChI is InChI=1S/C15H10N2O4/c16-10-14(11-6-8-13(9-7-11)17(19)20)21-15(18)12-4-2-1-3-5-12/h1-9,14H/t14-/m0/s1. The fraction of sp³-hybridized carbons (Fsp3) is 0.0667. The van der Waals surface area contributed by atoms with Gasteiger partial charge >= 0.3 is 5.97 Å². The molecule has 0 saturated carbocycles. The average Bonchev–Trinajstić information content (AvgIpc) is 2.53. The lowest BCUT2D eigenvalue weighted by Crippen LogP contribution is -2.10. The van der Waals surface area contributed by atoms with Crippen molar-refractivity contribution in [1.82, 2.24) is 0 Å². The molecule has 0 fully saturated rings. The third-order valence-corrected chi connectivity index (χ3v) is 2.76. The Hall–Kier alpha value is -3.20. The van der Waals surface area contributed by atoms with Crippen molar-refractivity contribution in [3.8, 4) is 6.07 Å². The van der Waals surface area contributed by atoms with Gasteiger partial charge in [0.1, 0.15) is 6.07 Å². The summed E-state index contributed by atoms with van der Waals surface area (Å²) in [5.74, 6) is -0.625. The summed E-state index contributed by atoms with van der Waals surface area (Å²) in [6.45, 7) is 0. The van der Waals surface area contributed by atoms with Gasteiger partial charge in [0, 0.05) is 17.7 Å². The maximum atomic E-state index is 11.9. The summed E-state index contributed by atoms with van der Waals surface area (Å²) in [6, 6.07) is 15.4. The van der Waals surface area contributed by atoms with Gasteiger partial charge in [0.15, 0.2) is 0 Å².